The van der Waals surface area contributed by atoms with Gasteiger partial charge in [-0.3, -0.25) is 14.3 Å². The van der Waals surface area contributed by atoms with Crippen molar-refractivity contribution in [3.8, 4) is 0 Å². The van der Waals surface area contributed by atoms with Gasteiger partial charge in [-0.15, -0.1) is 0 Å². The zero-order chi connectivity index (χ0) is 16.3. The lowest BCUT2D eigenvalue weighted by Crippen LogP contribution is -2.32. The number of aryl methyl sites for hydroxylation is 1. The van der Waals surface area contributed by atoms with Gasteiger partial charge in [-0.25, -0.2) is 14.6 Å². The third-order valence-electron chi connectivity index (χ3n) is 3.17. The molecular weight excluding hydrogens is 290 g/mol. The zero-order valence-corrected chi connectivity index (χ0v) is 12.6. The van der Waals surface area contributed by atoms with Crippen LogP contribution in [0.5, 0.6) is 0 Å². The molecule has 22 heavy (non-hydrogen) atoms. The second-order valence-electron chi connectivity index (χ2n) is 4.62. The number of methoxy groups -OCH3 is 1. The lowest BCUT2D eigenvalue weighted by atomic mass is 10.1. The third kappa shape index (κ3) is 2.91. The number of carbonyl (C=O) groups is 1. The standard InChI is InChI=1S/C14H17N3O5/c1-4-22-13(19)9-7-10-11(15-8(9)2)17(5-6-21-3)14(20)16-12(10)18/h7H,4-6H2,1-3H3,(H,16,18,20). The van der Waals surface area contributed by atoms with Crippen LogP contribution >= 0.6 is 0 Å². The first kappa shape index (κ1) is 15.9. The Hall–Kier alpha value is -2.48. The van der Waals surface area contributed by atoms with Crippen LogP contribution in [-0.4, -0.2) is 40.8 Å². The predicted octanol–water partition coefficient (Wildman–Crippen LogP) is 0.216. The Balaban J connectivity index is 2.70. The van der Waals surface area contributed by atoms with E-state index in [2.05, 4.69) is 9.97 Å². The van der Waals surface area contributed by atoms with Crippen molar-refractivity contribution in [3.05, 3.63) is 38.2 Å². The smallest absolute Gasteiger partial charge is 0.339 e. The molecule has 0 radical (unpaired) electrons. The van der Waals surface area contributed by atoms with Crippen LogP contribution in [0.25, 0.3) is 11.0 Å². The van der Waals surface area contributed by atoms with Gasteiger partial charge in [0, 0.05) is 7.11 Å². The summed E-state index contributed by atoms with van der Waals surface area (Å²) in [4.78, 5) is 42.2. The summed E-state index contributed by atoms with van der Waals surface area (Å²) >= 11 is 0. The maximum atomic E-state index is 12.0. The van der Waals surface area contributed by atoms with Crippen molar-refractivity contribution in [2.45, 2.75) is 20.4 Å². The largest absolute Gasteiger partial charge is 0.462 e. The topological polar surface area (TPSA) is 103 Å². The molecule has 0 atom stereocenters. The van der Waals surface area contributed by atoms with Crippen LogP contribution in [0.2, 0.25) is 0 Å². The van der Waals surface area contributed by atoms with Crippen molar-refractivity contribution in [2.24, 2.45) is 0 Å². The van der Waals surface area contributed by atoms with Gasteiger partial charge in [0.15, 0.2) is 0 Å². The van der Waals surface area contributed by atoms with Gasteiger partial charge in [0.05, 0.1) is 36.4 Å². The fraction of sp³-hybridized carbons (Fsp3) is 0.429. The van der Waals surface area contributed by atoms with E-state index in [1.54, 1.807) is 13.8 Å². The van der Waals surface area contributed by atoms with Crippen molar-refractivity contribution < 1.29 is 14.3 Å². The van der Waals surface area contributed by atoms with Crippen molar-refractivity contribution >= 4 is 17.0 Å². The van der Waals surface area contributed by atoms with E-state index in [-0.39, 0.29) is 29.7 Å². The van der Waals surface area contributed by atoms with E-state index in [1.807, 2.05) is 0 Å². The van der Waals surface area contributed by atoms with E-state index < -0.39 is 17.2 Å². The number of nitrogens with zero attached hydrogens (tertiary/aromatic N) is 2. The molecule has 118 valence electrons. The molecule has 2 aromatic heterocycles. The van der Waals surface area contributed by atoms with Crippen LogP contribution in [0.3, 0.4) is 0 Å². The van der Waals surface area contributed by atoms with Crippen LogP contribution in [-0.2, 0) is 16.0 Å². The Kier molecular flexibility index (Phi) is 4.71. The average Bonchev–Trinajstić information content (AvgIpc) is 2.46. The summed E-state index contributed by atoms with van der Waals surface area (Å²) in [6.07, 6.45) is 0. The molecule has 0 aliphatic carbocycles. The monoisotopic (exact) mass is 307 g/mol. The number of nitrogens with one attached hydrogen (secondary N) is 1. The molecule has 1 N–H and O–H groups in total. The van der Waals surface area contributed by atoms with E-state index in [1.165, 1.54) is 17.7 Å². The minimum Gasteiger partial charge on any atom is -0.462 e. The molecule has 0 fully saturated rings. The van der Waals surface area contributed by atoms with Crippen LogP contribution in [0, 0.1) is 6.92 Å². The van der Waals surface area contributed by atoms with Crippen molar-refractivity contribution in [2.75, 3.05) is 20.3 Å². The molecule has 0 bridgehead atoms. The molecule has 2 aromatic rings. The van der Waals surface area contributed by atoms with Crippen LogP contribution in [0.15, 0.2) is 15.7 Å². The Morgan fingerprint density at radius 2 is 2.14 bits per heavy atom. The first-order valence-corrected chi connectivity index (χ1v) is 6.80. The molecule has 2 rings (SSSR count). The summed E-state index contributed by atoms with van der Waals surface area (Å²) in [5, 5.41) is 0.157. The van der Waals surface area contributed by atoms with Gasteiger partial charge in [0.1, 0.15) is 5.65 Å². The minimum absolute atomic E-state index is 0.157. The molecule has 0 spiro atoms. The normalized spacial score (nSPS) is 10.9. The first-order chi connectivity index (χ1) is 10.5. The van der Waals surface area contributed by atoms with Gasteiger partial charge in [-0.2, -0.15) is 0 Å². The molecule has 0 amide bonds. The summed E-state index contributed by atoms with van der Waals surface area (Å²) in [6.45, 7) is 4.07. The Bertz CT molecular complexity index is 822. The van der Waals surface area contributed by atoms with Gasteiger partial charge < -0.3 is 9.47 Å². The second kappa shape index (κ2) is 6.52. The predicted molar refractivity (Wildman–Crippen MR) is 79.2 cm³/mol. The lowest BCUT2D eigenvalue weighted by Gasteiger charge is -2.11. The Morgan fingerprint density at radius 3 is 2.77 bits per heavy atom. The Morgan fingerprint density at radius 1 is 1.41 bits per heavy atom. The summed E-state index contributed by atoms with van der Waals surface area (Å²) in [7, 11) is 1.51. The summed E-state index contributed by atoms with van der Waals surface area (Å²) < 4.78 is 11.2. The Labute approximate surface area is 125 Å². The van der Waals surface area contributed by atoms with Crippen LogP contribution in [0.4, 0.5) is 0 Å². The average molecular weight is 307 g/mol. The summed E-state index contributed by atoms with van der Waals surface area (Å²) in [6, 6.07) is 1.40. The van der Waals surface area contributed by atoms with E-state index in [9.17, 15) is 14.4 Å². The molecule has 0 aliphatic rings. The van der Waals surface area contributed by atoms with Gasteiger partial charge in [0.2, 0.25) is 0 Å². The van der Waals surface area contributed by atoms with Crippen LogP contribution in [0.1, 0.15) is 23.0 Å². The number of esters is 1. The maximum Gasteiger partial charge on any atom is 0.339 e. The van der Waals surface area contributed by atoms with Gasteiger partial charge in [-0.1, -0.05) is 0 Å². The van der Waals surface area contributed by atoms with E-state index in [0.29, 0.717) is 12.3 Å². The second-order valence-corrected chi connectivity index (χ2v) is 4.62. The number of carbonyl (C=O) groups excluding carboxylic acids is 1. The summed E-state index contributed by atoms with van der Waals surface area (Å²) in [5.74, 6) is -0.552. The maximum absolute atomic E-state index is 12.0. The molecule has 0 aliphatic heterocycles. The molecule has 0 aromatic carbocycles. The highest BCUT2D eigenvalue weighted by atomic mass is 16.5. The number of hydrogen-bond donors (Lipinski definition) is 1. The number of rotatable bonds is 5. The number of pyridine rings is 1. The first-order valence-electron chi connectivity index (χ1n) is 6.80. The van der Waals surface area contributed by atoms with E-state index >= 15 is 0 Å². The van der Waals surface area contributed by atoms with Crippen LogP contribution < -0.4 is 11.2 Å². The van der Waals surface area contributed by atoms with Crippen molar-refractivity contribution in [1.82, 2.24) is 14.5 Å². The molecule has 8 heteroatoms. The minimum atomic E-state index is -0.591. The molecule has 2 heterocycles. The molecule has 0 saturated heterocycles. The number of H-pyrrole nitrogens is 1. The molecular formula is C14H17N3O5. The fourth-order valence-electron chi connectivity index (χ4n) is 2.10. The highest BCUT2D eigenvalue weighted by Crippen LogP contribution is 2.13. The van der Waals surface area contributed by atoms with E-state index in [4.69, 9.17) is 9.47 Å². The van der Waals surface area contributed by atoms with E-state index in [0.717, 1.165) is 0 Å². The number of ether oxygens (including phenoxy) is 2. The molecule has 8 nitrogen and oxygen atoms in total. The molecule has 0 unspecified atom stereocenters. The van der Waals surface area contributed by atoms with Crippen molar-refractivity contribution in [3.63, 3.8) is 0 Å². The highest BCUT2D eigenvalue weighted by molar-refractivity contribution is 5.94. The number of hydrogen-bond acceptors (Lipinski definition) is 6. The molecule has 0 saturated carbocycles. The number of aromatic nitrogens is 3. The SMILES string of the molecule is CCOC(=O)c1cc2c(=O)[nH]c(=O)n(CCOC)c2nc1C. The van der Waals surface area contributed by atoms with Gasteiger partial charge >= 0.3 is 11.7 Å². The highest BCUT2D eigenvalue weighted by Gasteiger charge is 2.16. The third-order valence-corrected chi connectivity index (χ3v) is 3.17. The van der Waals surface area contributed by atoms with Gasteiger partial charge in [0.25, 0.3) is 5.56 Å². The fourth-order valence-corrected chi connectivity index (χ4v) is 2.10. The van der Waals surface area contributed by atoms with Crippen molar-refractivity contribution in [1.29, 1.82) is 0 Å². The van der Waals surface area contributed by atoms with Gasteiger partial charge in [-0.05, 0) is 19.9 Å². The summed E-state index contributed by atoms with van der Waals surface area (Å²) in [5.41, 5.74) is -0.340. The number of fused-ring (bicyclic) bond motifs is 1. The lowest BCUT2D eigenvalue weighted by molar-refractivity contribution is 0.0525. The number of aromatic amines is 1. The quantitative estimate of drug-likeness (QED) is 0.792. The zero-order valence-electron chi connectivity index (χ0n) is 12.6.